The lowest BCUT2D eigenvalue weighted by molar-refractivity contribution is -0.129. The Bertz CT molecular complexity index is 591. The molecular weight excluding hydrogens is 326 g/mol. The molecule has 1 amide bonds. The SMILES string of the molecule is CN(CCCCCBr)C(=O)Cc1cccc2ccccc12. The molecule has 2 aromatic carbocycles. The minimum Gasteiger partial charge on any atom is -0.345 e. The van der Waals surface area contributed by atoms with Crippen LogP contribution >= 0.6 is 15.9 Å². The first kappa shape index (κ1) is 16.0. The van der Waals surface area contributed by atoms with Gasteiger partial charge in [0.05, 0.1) is 6.42 Å². The molecule has 0 heterocycles. The molecule has 0 N–H and O–H groups in total. The van der Waals surface area contributed by atoms with Crippen molar-refractivity contribution in [3.05, 3.63) is 48.0 Å². The quantitative estimate of drug-likeness (QED) is 0.536. The fourth-order valence-corrected chi connectivity index (χ4v) is 2.89. The van der Waals surface area contributed by atoms with Crippen molar-refractivity contribution in [1.82, 2.24) is 4.90 Å². The summed E-state index contributed by atoms with van der Waals surface area (Å²) in [7, 11) is 1.90. The number of amides is 1. The summed E-state index contributed by atoms with van der Waals surface area (Å²) in [6, 6.07) is 14.4. The number of hydrogen-bond acceptors (Lipinski definition) is 1. The molecule has 2 rings (SSSR count). The van der Waals surface area contributed by atoms with Crippen molar-refractivity contribution in [1.29, 1.82) is 0 Å². The zero-order valence-corrected chi connectivity index (χ0v) is 14.1. The number of benzene rings is 2. The molecule has 21 heavy (non-hydrogen) atoms. The molecule has 0 spiro atoms. The average molecular weight is 348 g/mol. The van der Waals surface area contributed by atoms with Crippen LogP contribution in [0.2, 0.25) is 0 Å². The molecule has 0 unspecified atom stereocenters. The molecular formula is C18H22BrNO. The van der Waals surface area contributed by atoms with E-state index in [-0.39, 0.29) is 5.91 Å². The molecule has 0 saturated carbocycles. The third-order valence-electron chi connectivity index (χ3n) is 3.77. The number of hydrogen-bond donors (Lipinski definition) is 0. The monoisotopic (exact) mass is 347 g/mol. The van der Waals surface area contributed by atoms with E-state index < -0.39 is 0 Å². The molecule has 0 atom stereocenters. The summed E-state index contributed by atoms with van der Waals surface area (Å²) in [5.74, 6) is 0.199. The number of fused-ring (bicyclic) bond motifs is 1. The summed E-state index contributed by atoms with van der Waals surface area (Å²) < 4.78 is 0. The zero-order valence-electron chi connectivity index (χ0n) is 12.5. The average Bonchev–Trinajstić information content (AvgIpc) is 2.51. The van der Waals surface area contributed by atoms with Gasteiger partial charge in [0.2, 0.25) is 5.91 Å². The Balaban J connectivity index is 1.98. The molecule has 0 fully saturated rings. The van der Waals surface area contributed by atoms with Crippen LogP contribution in [0.3, 0.4) is 0 Å². The number of carbonyl (C=O) groups excluding carboxylic acids is 1. The van der Waals surface area contributed by atoms with Crippen molar-refractivity contribution in [3.8, 4) is 0 Å². The van der Waals surface area contributed by atoms with Gasteiger partial charge < -0.3 is 4.90 Å². The summed E-state index contributed by atoms with van der Waals surface area (Å²) in [6.07, 6.45) is 3.89. The number of rotatable bonds is 7. The molecule has 0 radical (unpaired) electrons. The maximum absolute atomic E-state index is 12.3. The largest absolute Gasteiger partial charge is 0.345 e. The molecule has 0 aliphatic carbocycles. The summed E-state index contributed by atoms with van der Waals surface area (Å²) in [5.41, 5.74) is 1.12. The van der Waals surface area contributed by atoms with E-state index in [0.717, 1.165) is 30.3 Å². The number of nitrogens with zero attached hydrogens (tertiary/aromatic N) is 1. The molecule has 2 nitrogen and oxygen atoms in total. The van der Waals surface area contributed by atoms with Crippen LogP contribution in [0.1, 0.15) is 24.8 Å². The molecule has 0 aromatic heterocycles. The lowest BCUT2D eigenvalue weighted by Crippen LogP contribution is -2.29. The summed E-state index contributed by atoms with van der Waals surface area (Å²) in [4.78, 5) is 14.2. The third-order valence-corrected chi connectivity index (χ3v) is 4.34. The smallest absolute Gasteiger partial charge is 0.226 e. The van der Waals surface area contributed by atoms with Gasteiger partial charge in [-0.1, -0.05) is 64.8 Å². The van der Waals surface area contributed by atoms with Crippen molar-refractivity contribution in [2.24, 2.45) is 0 Å². The normalized spacial score (nSPS) is 10.8. The van der Waals surface area contributed by atoms with Crippen molar-refractivity contribution in [2.45, 2.75) is 25.7 Å². The van der Waals surface area contributed by atoms with Gasteiger partial charge in [0.25, 0.3) is 0 Å². The van der Waals surface area contributed by atoms with Crippen LogP contribution in [0.15, 0.2) is 42.5 Å². The topological polar surface area (TPSA) is 20.3 Å². The van der Waals surface area contributed by atoms with Crippen LogP contribution in [-0.4, -0.2) is 29.7 Å². The summed E-state index contributed by atoms with van der Waals surface area (Å²) in [6.45, 7) is 0.844. The molecule has 0 aliphatic rings. The first-order valence-electron chi connectivity index (χ1n) is 7.49. The Hall–Kier alpha value is -1.35. The van der Waals surface area contributed by atoms with Crippen LogP contribution in [0.25, 0.3) is 10.8 Å². The number of carbonyl (C=O) groups is 1. The zero-order chi connectivity index (χ0) is 15.1. The lowest BCUT2D eigenvalue weighted by atomic mass is 10.0. The standard InChI is InChI=1S/C18H22BrNO/c1-20(13-6-2-5-12-19)18(21)14-16-10-7-9-15-8-3-4-11-17(15)16/h3-4,7-11H,2,5-6,12-14H2,1H3. The van der Waals surface area contributed by atoms with Crippen LogP contribution < -0.4 is 0 Å². The molecule has 112 valence electrons. The fourth-order valence-electron chi connectivity index (χ4n) is 2.49. The van der Waals surface area contributed by atoms with Crippen molar-refractivity contribution in [3.63, 3.8) is 0 Å². The van der Waals surface area contributed by atoms with E-state index in [1.165, 1.54) is 17.2 Å². The Morgan fingerprint density at radius 1 is 1.05 bits per heavy atom. The second-order valence-corrected chi connectivity index (χ2v) is 6.17. The van der Waals surface area contributed by atoms with E-state index in [4.69, 9.17) is 0 Å². The third kappa shape index (κ3) is 4.57. The number of alkyl halides is 1. The van der Waals surface area contributed by atoms with Crippen LogP contribution in [0, 0.1) is 0 Å². The van der Waals surface area contributed by atoms with Gasteiger partial charge in [-0.25, -0.2) is 0 Å². The summed E-state index contributed by atoms with van der Waals surface area (Å²) >= 11 is 3.43. The Labute approximate surface area is 135 Å². The fraction of sp³-hybridized carbons (Fsp3) is 0.389. The van der Waals surface area contributed by atoms with Crippen LogP contribution in [0.4, 0.5) is 0 Å². The number of halogens is 1. The van der Waals surface area contributed by atoms with Gasteiger partial charge in [-0.15, -0.1) is 0 Å². The highest BCUT2D eigenvalue weighted by Gasteiger charge is 2.11. The summed E-state index contributed by atoms with van der Waals surface area (Å²) in [5, 5.41) is 3.42. The van der Waals surface area contributed by atoms with Crippen molar-refractivity contribution in [2.75, 3.05) is 18.9 Å². The lowest BCUT2D eigenvalue weighted by Gasteiger charge is -2.17. The van der Waals surface area contributed by atoms with Gasteiger partial charge >= 0.3 is 0 Å². The van der Waals surface area contributed by atoms with E-state index >= 15 is 0 Å². The predicted molar refractivity (Wildman–Crippen MR) is 92.9 cm³/mol. The van der Waals surface area contributed by atoms with Gasteiger partial charge in [0, 0.05) is 18.9 Å². The Morgan fingerprint density at radius 3 is 2.62 bits per heavy atom. The van der Waals surface area contributed by atoms with E-state index in [2.05, 4.69) is 40.2 Å². The van der Waals surface area contributed by atoms with E-state index in [0.29, 0.717) is 6.42 Å². The van der Waals surface area contributed by atoms with Gasteiger partial charge in [0.1, 0.15) is 0 Å². The van der Waals surface area contributed by atoms with Crippen molar-refractivity contribution < 1.29 is 4.79 Å². The second-order valence-electron chi connectivity index (χ2n) is 5.38. The van der Waals surface area contributed by atoms with Gasteiger partial charge in [-0.3, -0.25) is 4.79 Å². The van der Waals surface area contributed by atoms with E-state index in [9.17, 15) is 4.79 Å². The minimum atomic E-state index is 0.199. The van der Waals surface area contributed by atoms with E-state index in [1.54, 1.807) is 0 Å². The highest BCUT2D eigenvalue weighted by Crippen LogP contribution is 2.19. The first-order valence-corrected chi connectivity index (χ1v) is 8.61. The molecule has 2 aromatic rings. The molecule has 0 aliphatic heterocycles. The van der Waals surface area contributed by atoms with Crippen LogP contribution in [-0.2, 0) is 11.2 Å². The first-order chi connectivity index (χ1) is 10.2. The maximum atomic E-state index is 12.3. The number of likely N-dealkylation sites (N-methyl/N-ethyl adjacent to an activating group) is 1. The van der Waals surface area contributed by atoms with Crippen molar-refractivity contribution >= 4 is 32.6 Å². The van der Waals surface area contributed by atoms with E-state index in [1.807, 2.05) is 30.1 Å². The second kappa shape index (κ2) is 8.18. The minimum absolute atomic E-state index is 0.199. The number of unbranched alkanes of at least 4 members (excludes halogenated alkanes) is 2. The highest BCUT2D eigenvalue weighted by atomic mass is 79.9. The van der Waals surface area contributed by atoms with Gasteiger partial charge in [0.15, 0.2) is 0 Å². The van der Waals surface area contributed by atoms with Gasteiger partial charge in [-0.05, 0) is 29.2 Å². The van der Waals surface area contributed by atoms with Gasteiger partial charge in [-0.2, -0.15) is 0 Å². The van der Waals surface area contributed by atoms with Crippen LogP contribution in [0.5, 0.6) is 0 Å². The Morgan fingerprint density at radius 2 is 1.81 bits per heavy atom. The molecule has 3 heteroatoms. The molecule has 0 saturated heterocycles. The highest BCUT2D eigenvalue weighted by molar-refractivity contribution is 9.09. The predicted octanol–water partition coefficient (Wildman–Crippen LogP) is 4.41. The molecule has 0 bridgehead atoms. The maximum Gasteiger partial charge on any atom is 0.226 e. The Kier molecular flexibility index (Phi) is 6.24.